The number of hydrogen-bond donors (Lipinski definition) is 3. The van der Waals surface area contributed by atoms with Crippen LogP contribution in [-0.4, -0.2) is 47.2 Å². The Balaban J connectivity index is 1.54. The summed E-state index contributed by atoms with van der Waals surface area (Å²) in [5, 5.41) is 18.1. The first kappa shape index (κ1) is 26.9. The van der Waals surface area contributed by atoms with Crippen LogP contribution < -0.4 is 16.0 Å². The minimum absolute atomic E-state index is 0.0145. The van der Waals surface area contributed by atoms with Crippen LogP contribution in [0.3, 0.4) is 0 Å². The molecule has 4 rings (SSSR count). The van der Waals surface area contributed by atoms with E-state index < -0.39 is 41.3 Å². The molecular weight excluding hydrogens is 482 g/mol. The number of nitriles is 1. The van der Waals surface area contributed by atoms with Crippen LogP contribution in [0.4, 0.5) is 5.69 Å². The Bertz CT molecular complexity index is 1300. The minimum Gasteiger partial charge on any atom is -0.341 e. The van der Waals surface area contributed by atoms with Crippen molar-refractivity contribution >= 4 is 29.3 Å². The third-order valence-corrected chi connectivity index (χ3v) is 7.19. The molecule has 3 N–H and O–H groups in total. The number of rotatable bonds is 5. The second-order valence-corrected chi connectivity index (χ2v) is 11.3. The average molecular weight is 516 g/mol. The molecule has 198 valence electrons. The first-order valence-electron chi connectivity index (χ1n) is 12.7. The Labute approximate surface area is 222 Å². The number of likely N-dealkylation sites (tertiary alicyclic amines) is 1. The van der Waals surface area contributed by atoms with Crippen LogP contribution in [0.1, 0.15) is 57.7 Å². The van der Waals surface area contributed by atoms with Crippen LogP contribution in [0.2, 0.25) is 0 Å². The number of hydrogen-bond acceptors (Lipinski definition) is 5. The Morgan fingerprint density at radius 1 is 1.08 bits per heavy atom. The number of nitrogens with one attached hydrogen (secondary N) is 3. The molecule has 2 aliphatic heterocycles. The molecule has 1 saturated heterocycles. The largest absolute Gasteiger partial charge is 0.341 e. The van der Waals surface area contributed by atoms with Crippen molar-refractivity contribution in [3.05, 3.63) is 65.7 Å². The topological polar surface area (TPSA) is 131 Å². The molecule has 2 aromatic carbocycles. The van der Waals surface area contributed by atoms with Crippen LogP contribution in [0, 0.1) is 16.7 Å². The summed E-state index contributed by atoms with van der Waals surface area (Å²) in [4.78, 5) is 54.0. The number of fused-ring (bicyclic) bond motifs is 2. The lowest BCUT2D eigenvalue weighted by atomic mass is 9.80. The van der Waals surface area contributed by atoms with E-state index in [-0.39, 0.29) is 30.7 Å². The smallest absolute Gasteiger partial charge is 0.309 e. The molecule has 0 aromatic heterocycles. The second-order valence-electron chi connectivity index (χ2n) is 11.3. The van der Waals surface area contributed by atoms with Gasteiger partial charge in [-0.05, 0) is 36.0 Å². The number of para-hydroxylation sites is 1. The van der Waals surface area contributed by atoms with Gasteiger partial charge in [0.15, 0.2) is 0 Å². The fourth-order valence-electron chi connectivity index (χ4n) is 5.31. The highest BCUT2D eigenvalue weighted by atomic mass is 16.2. The first-order valence-corrected chi connectivity index (χ1v) is 12.7. The van der Waals surface area contributed by atoms with E-state index in [4.69, 9.17) is 0 Å². The van der Waals surface area contributed by atoms with Crippen LogP contribution >= 0.6 is 0 Å². The normalized spacial score (nSPS) is 21.7. The summed E-state index contributed by atoms with van der Waals surface area (Å²) >= 11 is 0. The lowest BCUT2D eigenvalue weighted by molar-refractivity contribution is -0.143. The van der Waals surface area contributed by atoms with Gasteiger partial charge in [-0.2, -0.15) is 5.26 Å². The molecule has 0 saturated carbocycles. The summed E-state index contributed by atoms with van der Waals surface area (Å²) in [7, 11) is 0. The van der Waals surface area contributed by atoms with Gasteiger partial charge in [0, 0.05) is 18.7 Å². The lowest BCUT2D eigenvalue weighted by Crippen LogP contribution is -2.54. The van der Waals surface area contributed by atoms with Gasteiger partial charge in [0.2, 0.25) is 11.8 Å². The van der Waals surface area contributed by atoms with Crippen molar-refractivity contribution in [1.82, 2.24) is 15.5 Å². The molecule has 2 aromatic rings. The SMILES string of the molecule is C[C@H](NC(=O)C(=O)N[C@@H](CC(C)(C)C)C(=O)N1C[C@]2(C[C@H]1C#N)C(=O)Nc1ccccc12)c1ccccc1. The molecule has 0 unspecified atom stereocenters. The standard InChI is InChI=1S/C29H33N5O4/c1-18(19-10-6-5-7-11-19)31-24(35)25(36)32-23(15-28(2,3)4)26(37)34-17-29(14-20(34)16-30)21-12-8-9-13-22(21)33-27(29)38/h5-13,18,20,23H,14-15,17H2,1-4H3,(H,31,35)(H,32,36)(H,33,38)/t18-,20-,23-,29-/m0/s1. The van der Waals surface area contributed by atoms with E-state index >= 15 is 0 Å². The minimum atomic E-state index is -1.05. The highest BCUT2D eigenvalue weighted by Gasteiger charge is 2.56. The predicted octanol–water partition coefficient (Wildman–Crippen LogP) is 2.80. The molecule has 2 heterocycles. The van der Waals surface area contributed by atoms with E-state index in [0.29, 0.717) is 5.69 Å². The zero-order chi connectivity index (χ0) is 27.7. The molecular formula is C29H33N5O4. The number of carbonyl (C=O) groups excluding carboxylic acids is 4. The number of carbonyl (C=O) groups is 4. The van der Waals surface area contributed by atoms with E-state index in [1.165, 1.54) is 4.90 Å². The van der Waals surface area contributed by atoms with E-state index in [0.717, 1.165) is 11.1 Å². The van der Waals surface area contributed by atoms with Crippen molar-refractivity contribution in [1.29, 1.82) is 5.26 Å². The van der Waals surface area contributed by atoms with Gasteiger partial charge >= 0.3 is 11.8 Å². The van der Waals surface area contributed by atoms with Crippen LogP contribution in [0.25, 0.3) is 0 Å². The van der Waals surface area contributed by atoms with Crippen molar-refractivity contribution < 1.29 is 19.2 Å². The molecule has 4 amide bonds. The van der Waals surface area contributed by atoms with E-state index in [1.54, 1.807) is 13.0 Å². The van der Waals surface area contributed by atoms with Crippen molar-refractivity contribution in [3.63, 3.8) is 0 Å². The van der Waals surface area contributed by atoms with Crippen molar-refractivity contribution in [2.75, 3.05) is 11.9 Å². The average Bonchev–Trinajstić information content (AvgIpc) is 3.40. The second kappa shape index (κ2) is 10.3. The van der Waals surface area contributed by atoms with E-state index in [1.807, 2.05) is 69.3 Å². The first-order chi connectivity index (χ1) is 17.9. The highest BCUT2D eigenvalue weighted by Crippen LogP contribution is 2.46. The molecule has 9 heteroatoms. The number of nitrogens with zero attached hydrogens (tertiary/aromatic N) is 2. The fourth-order valence-corrected chi connectivity index (χ4v) is 5.31. The van der Waals surface area contributed by atoms with E-state index in [2.05, 4.69) is 22.0 Å². The Morgan fingerprint density at radius 2 is 1.71 bits per heavy atom. The molecule has 4 atom stereocenters. The number of benzene rings is 2. The Morgan fingerprint density at radius 3 is 2.37 bits per heavy atom. The van der Waals surface area contributed by atoms with Gasteiger partial charge in [-0.1, -0.05) is 69.3 Å². The third kappa shape index (κ3) is 5.25. The maximum absolute atomic E-state index is 13.8. The zero-order valence-electron chi connectivity index (χ0n) is 22.1. The van der Waals surface area contributed by atoms with E-state index in [9.17, 15) is 24.4 Å². The summed E-state index contributed by atoms with van der Waals surface area (Å²) in [5.41, 5.74) is 0.854. The quantitative estimate of drug-likeness (QED) is 0.527. The van der Waals surface area contributed by atoms with Crippen LogP contribution in [0.5, 0.6) is 0 Å². The van der Waals surface area contributed by atoms with Crippen molar-refractivity contribution in [2.45, 2.75) is 64.1 Å². The fraction of sp³-hybridized carbons (Fsp3) is 0.414. The number of amides is 4. The summed E-state index contributed by atoms with van der Waals surface area (Å²) < 4.78 is 0. The van der Waals surface area contributed by atoms with Gasteiger partial charge in [0.25, 0.3) is 0 Å². The molecule has 2 aliphatic rings. The lowest BCUT2D eigenvalue weighted by Gasteiger charge is -2.31. The molecule has 0 bridgehead atoms. The molecule has 1 fully saturated rings. The zero-order valence-corrected chi connectivity index (χ0v) is 22.1. The Hall–Kier alpha value is -4.19. The summed E-state index contributed by atoms with van der Waals surface area (Å²) in [6.07, 6.45) is 0.396. The van der Waals surface area contributed by atoms with Gasteiger partial charge in [-0.25, -0.2) is 0 Å². The van der Waals surface area contributed by atoms with Gasteiger partial charge < -0.3 is 20.9 Å². The highest BCUT2D eigenvalue weighted by molar-refractivity contribution is 6.35. The van der Waals surface area contributed by atoms with Gasteiger partial charge in [-0.3, -0.25) is 19.2 Å². The van der Waals surface area contributed by atoms with Gasteiger partial charge in [0.05, 0.1) is 17.5 Å². The maximum Gasteiger partial charge on any atom is 0.309 e. The molecule has 0 radical (unpaired) electrons. The molecule has 9 nitrogen and oxygen atoms in total. The summed E-state index contributed by atoms with van der Waals surface area (Å²) in [6.45, 7) is 7.55. The summed E-state index contributed by atoms with van der Waals surface area (Å²) in [5.74, 6) is -2.52. The van der Waals surface area contributed by atoms with Crippen molar-refractivity contribution in [3.8, 4) is 6.07 Å². The maximum atomic E-state index is 13.8. The molecule has 1 spiro atoms. The predicted molar refractivity (Wildman–Crippen MR) is 141 cm³/mol. The van der Waals surface area contributed by atoms with Crippen molar-refractivity contribution in [2.24, 2.45) is 5.41 Å². The Kier molecular flexibility index (Phi) is 7.27. The number of anilines is 1. The monoisotopic (exact) mass is 515 g/mol. The van der Waals surface area contributed by atoms with Gasteiger partial charge in [0.1, 0.15) is 12.1 Å². The molecule has 0 aliphatic carbocycles. The molecule has 38 heavy (non-hydrogen) atoms. The third-order valence-electron chi connectivity index (χ3n) is 7.19. The van der Waals surface area contributed by atoms with Gasteiger partial charge in [-0.15, -0.1) is 0 Å². The van der Waals surface area contributed by atoms with Crippen LogP contribution in [0.15, 0.2) is 54.6 Å². The van der Waals surface area contributed by atoms with Crippen LogP contribution in [-0.2, 0) is 24.6 Å². The summed E-state index contributed by atoms with van der Waals surface area (Å²) in [6, 6.07) is 16.4.